The molecule has 0 spiro atoms. The number of ether oxygens (including phenoxy) is 1. The number of amides is 1. The molecule has 0 radical (unpaired) electrons. The first-order chi connectivity index (χ1) is 14.0. The van der Waals surface area contributed by atoms with Gasteiger partial charge >= 0.3 is 10.2 Å². The van der Waals surface area contributed by atoms with Crippen molar-refractivity contribution in [3.63, 3.8) is 0 Å². The van der Waals surface area contributed by atoms with Gasteiger partial charge in [0.05, 0.1) is 16.8 Å². The minimum Gasteiger partial charge on any atom is -0.490 e. The van der Waals surface area contributed by atoms with Gasteiger partial charge in [-0.1, -0.05) is 19.9 Å². The van der Waals surface area contributed by atoms with Crippen molar-refractivity contribution in [1.29, 1.82) is 0 Å². The van der Waals surface area contributed by atoms with E-state index in [2.05, 4.69) is 19.4 Å². The number of carbonyl (C=O) groups excluding carboxylic acids is 1. The molecule has 0 unspecified atom stereocenters. The van der Waals surface area contributed by atoms with Crippen LogP contribution in [0, 0.1) is 0 Å². The zero-order chi connectivity index (χ0) is 22.1. The Bertz CT molecular complexity index is 1110. The predicted octanol–water partition coefficient (Wildman–Crippen LogP) is 2.17. The second-order valence-corrected chi connectivity index (χ2v) is 9.32. The Labute approximate surface area is 175 Å². The largest absolute Gasteiger partial charge is 0.490 e. The van der Waals surface area contributed by atoms with E-state index in [0.29, 0.717) is 22.6 Å². The number of amidine groups is 1. The van der Waals surface area contributed by atoms with E-state index in [1.807, 2.05) is 27.7 Å². The number of hydrogen-bond acceptors (Lipinski definition) is 6. The molecule has 9 nitrogen and oxygen atoms in total. The number of fused-ring (bicyclic) bond motifs is 1. The number of carbonyl (C=O) groups is 1. The minimum absolute atomic E-state index is 0.122. The molecule has 4 N–H and O–H groups in total. The number of nitrogens with zero attached hydrogens (tertiary/aromatic N) is 2. The third kappa shape index (κ3) is 4.88. The lowest BCUT2D eigenvalue weighted by molar-refractivity contribution is 0.0880. The summed E-state index contributed by atoms with van der Waals surface area (Å²) in [4.78, 5) is 17.0. The Morgan fingerprint density at radius 1 is 1.30 bits per heavy atom. The molecule has 0 atom stereocenters. The van der Waals surface area contributed by atoms with Crippen LogP contribution in [-0.2, 0) is 10.2 Å². The number of benzene rings is 1. The third-order valence-corrected chi connectivity index (χ3v) is 5.33. The van der Waals surface area contributed by atoms with E-state index in [1.165, 1.54) is 0 Å². The van der Waals surface area contributed by atoms with Crippen molar-refractivity contribution in [2.45, 2.75) is 39.2 Å². The number of hydrogen-bond donors (Lipinski definition) is 3. The summed E-state index contributed by atoms with van der Waals surface area (Å²) in [6, 6.07) is 8.31. The van der Waals surface area contributed by atoms with Crippen LogP contribution in [0.4, 0.5) is 5.69 Å². The molecule has 1 aliphatic heterocycles. The fourth-order valence-corrected chi connectivity index (χ4v) is 3.76. The molecule has 0 saturated carbocycles. The Balaban J connectivity index is 1.73. The summed E-state index contributed by atoms with van der Waals surface area (Å²) < 4.78 is 35.1. The van der Waals surface area contributed by atoms with E-state index in [1.54, 1.807) is 36.5 Å². The number of nitrogens with two attached hydrogens (primary N) is 1. The van der Waals surface area contributed by atoms with Crippen LogP contribution in [-0.4, -0.2) is 37.3 Å². The van der Waals surface area contributed by atoms with Gasteiger partial charge in [0.2, 0.25) is 0 Å². The lowest BCUT2D eigenvalue weighted by atomic mass is 10.0. The molecule has 10 heteroatoms. The lowest BCUT2D eigenvalue weighted by Crippen LogP contribution is -2.48. The first-order valence-electron chi connectivity index (χ1n) is 9.40. The quantitative estimate of drug-likeness (QED) is 0.641. The minimum atomic E-state index is -3.87. The monoisotopic (exact) mass is 431 g/mol. The Morgan fingerprint density at radius 2 is 2.03 bits per heavy atom. The van der Waals surface area contributed by atoms with E-state index in [0.717, 1.165) is 5.69 Å². The highest BCUT2D eigenvalue weighted by atomic mass is 32.2. The molecule has 30 heavy (non-hydrogen) atoms. The lowest BCUT2D eigenvalue weighted by Gasteiger charge is -2.27. The van der Waals surface area contributed by atoms with E-state index < -0.39 is 15.7 Å². The van der Waals surface area contributed by atoms with Gasteiger partial charge in [-0.25, -0.2) is 0 Å². The molecule has 2 aromatic rings. The molecule has 2 heterocycles. The van der Waals surface area contributed by atoms with Crippen molar-refractivity contribution in [3.05, 3.63) is 53.3 Å². The normalized spacial score (nSPS) is 15.0. The maximum absolute atomic E-state index is 12.7. The van der Waals surface area contributed by atoms with Crippen molar-refractivity contribution in [3.8, 4) is 5.75 Å². The van der Waals surface area contributed by atoms with Crippen LogP contribution in [0.25, 0.3) is 0 Å². The molecule has 0 saturated heterocycles. The molecule has 0 fully saturated rings. The molecule has 160 valence electrons. The van der Waals surface area contributed by atoms with Crippen molar-refractivity contribution in [1.82, 2.24) is 10.3 Å². The number of aromatic nitrogens is 1. The Kier molecular flexibility index (Phi) is 5.71. The maximum Gasteiger partial charge on any atom is 0.344 e. The van der Waals surface area contributed by atoms with Gasteiger partial charge in [-0.05, 0) is 44.0 Å². The van der Waals surface area contributed by atoms with Crippen molar-refractivity contribution in [2.24, 2.45) is 10.1 Å². The fraction of sp³-hybridized carbons (Fsp3) is 0.350. The van der Waals surface area contributed by atoms with Crippen molar-refractivity contribution in [2.75, 3.05) is 11.3 Å². The summed E-state index contributed by atoms with van der Waals surface area (Å²) in [6.07, 6.45) is 1.62. The smallest absolute Gasteiger partial charge is 0.344 e. The van der Waals surface area contributed by atoms with Gasteiger partial charge in [0, 0.05) is 17.5 Å². The van der Waals surface area contributed by atoms with Crippen LogP contribution in [0.1, 0.15) is 55.2 Å². The van der Waals surface area contributed by atoms with E-state index in [9.17, 15) is 13.2 Å². The van der Waals surface area contributed by atoms with E-state index in [4.69, 9.17) is 10.5 Å². The van der Waals surface area contributed by atoms with Crippen LogP contribution >= 0.6 is 0 Å². The predicted molar refractivity (Wildman–Crippen MR) is 115 cm³/mol. The SMILES string of the molecule is CC(C)c1cc(C(=O)NC(C)(C)COc2cccc3c2C(N)=NS(=O)(=O)N3)ccn1. The molecule has 0 bridgehead atoms. The summed E-state index contributed by atoms with van der Waals surface area (Å²) in [5, 5.41) is 2.95. The highest BCUT2D eigenvalue weighted by molar-refractivity contribution is 7.91. The van der Waals surface area contributed by atoms with Gasteiger partial charge in [0.1, 0.15) is 12.4 Å². The summed E-state index contributed by atoms with van der Waals surface area (Å²) >= 11 is 0. The highest BCUT2D eigenvalue weighted by Gasteiger charge is 2.27. The molecule has 1 aromatic heterocycles. The van der Waals surface area contributed by atoms with Gasteiger partial charge in [0.15, 0.2) is 5.84 Å². The second kappa shape index (κ2) is 7.94. The number of anilines is 1. The van der Waals surface area contributed by atoms with Crippen LogP contribution in [0.2, 0.25) is 0 Å². The molecule has 1 aromatic carbocycles. The third-order valence-electron chi connectivity index (χ3n) is 4.42. The van der Waals surface area contributed by atoms with Gasteiger partial charge in [-0.15, -0.1) is 4.40 Å². The number of nitrogens with one attached hydrogen (secondary N) is 2. The molecule has 0 aliphatic carbocycles. The van der Waals surface area contributed by atoms with Crippen LogP contribution in [0.5, 0.6) is 5.75 Å². The molecule has 3 rings (SSSR count). The summed E-state index contributed by atoms with van der Waals surface area (Å²) in [7, 11) is -3.87. The second-order valence-electron chi connectivity index (χ2n) is 7.98. The summed E-state index contributed by atoms with van der Waals surface area (Å²) in [5.74, 6) is 0.184. The molecule has 1 aliphatic rings. The fourth-order valence-electron chi connectivity index (χ4n) is 2.92. The maximum atomic E-state index is 12.7. The molecule has 1 amide bonds. The van der Waals surface area contributed by atoms with Crippen molar-refractivity contribution >= 4 is 27.6 Å². The van der Waals surface area contributed by atoms with Gasteiger partial charge in [-0.3, -0.25) is 14.5 Å². The Hall–Kier alpha value is -3.14. The first-order valence-corrected chi connectivity index (χ1v) is 10.8. The standard InChI is InChI=1S/C20H25N5O4S/c1-12(2)15-10-13(8-9-22-15)19(26)23-20(3,4)11-29-16-7-5-6-14-17(16)18(21)25-30(27,28)24-14/h5-10,12,24H,11H2,1-4H3,(H2,21,25)(H,23,26). The van der Waals surface area contributed by atoms with Crippen LogP contribution in [0.15, 0.2) is 40.9 Å². The van der Waals surface area contributed by atoms with Crippen LogP contribution in [0.3, 0.4) is 0 Å². The number of pyridine rings is 1. The highest BCUT2D eigenvalue weighted by Crippen LogP contribution is 2.30. The van der Waals surface area contributed by atoms with Gasteiger partial charge in [-0.2, -0.15) is 8.42 Å². The van der Waals surface area contributed by atoms with Crippen molar-refractivity contribution < 1.29 is 17.9 Å². The summed E-state index contributed by atoms with van der Waals surface area (Å²) in [6.45, 7) is 7.79. The number of rotatable bonds is 6. The first kappa shape index (κ1) is 21.6. The Morgan fingerprint density at radius 3 is 2.73 bits per heavy atom. The summed E-state index contributed by atoms with van der Waals surface area (Å²) in [5.41, 5.74) is 7.12. The zero-order valence-electron chi connectivity index (χ0n) is 17.3. The topological polar surface area (TPSA) is 136 Å². The molecular formula is C20H25N5O4S. The zero-order valence-corrected chi connectivity index (χ0v) is 18.1. The van der Waals surface area contributed by atoms with E-state index >= 15 is 0 Å². The molecular weight excluding hydrogens is 406 g/mol. The average molecular weight is 432 g/mol. The van der Waals surface area contributed by atoms with Gasteiger partial charge < -0.3 is 15.8 Å². The van der Waals surface area contributed by atoms with E-state index in [-0.39, 0.29) is 24.3 Å². The average Bonchev–Trinajstić information content (AvgIpc) is 2.65. The van der Waals surface area contributed by atoms with Gasteiger partial charge in [0.25, 0.3) is 5.91 Å². The van der Waals surface area contributed by atoms with Crippen LogP contribution < -0.4 is 20.5 Å².